The van der Waals surface area contributed by atoms with E-state index >= 15 is 0 Å². The smallest absolute Gasteiger partial charge is 0.303 e. The van der Waals surface area contributed by atoms with Gasteiger partial charge >= 0.3 is 11.9 Å². The molecule has 4 nitrogen and oxygen atoms in total. The first-order chi connectivity index (χ1) is 11.0. The van der Waals surface area contributed by atoms with E-state index < -0.39 is 11.9 Å². The summed E-state index contributed by atoms with van der Waals surface area (Å²) >= 11 is 0. The molecular weight excluding hydrogens is 292 g/mol. The average molecular weight is 328 g/mol. The Morgan fingerprint density at radius 1 is 0.652 bits per heavy atom. The van der Waals surface area contributed by atoms with Gasteiger partial charge in [0.25, 0.3) is 0 Å². The van der Waals surface area contributed by atoms with Gasteiger partial charge in [0.05, 0.1) is 0 Å². The first-order valence-corrected chi connectivity index (χ1v) is 9.39. The summed E-state index contributed by atoms with van der Waals surface area (Å²) in [7, 11) is 0. The van der Waals surface area contributed by atoms with Crippen LogP contribution in [0, 0.1) is 5.41 Å². The van der Waals surface area contributed by atoms with Crippen LogP contribution in [0.5, 0.6) is 0 Å². The van der Waals surface area contributed by atoms with Gasteiger partial charge in [0, 0.05) is 12.8 Å². The largest absolute Gasteiger partial charge is 0.481 e. The summed E-state index contributed by atoms with van der Waals surface area (Å²) in [6.45, 7) is 4.38. The van der Waals surface area contributed by atoms with E-state index in [-0.39, 0.29) is 18.3 Å². The maximum absolute atomic E-state index is 10.8. The van der Waals surface area contributed by atoms with Crippen LogP contribution in [0.1, 0.15) is 104 Å². The molecule has 0 heterocycles. The molecule has 0 aromatic carbocycles. The van der Waals surface area contributed by atoms with Crippen molar-refractivity contribution in [2.45, 2.75) is 104 Å². The van der Waals surface area contributed by atoms with Crippen molar-refractivity contribution in [2.24, 2.45) is 5.41 Å². The Morgan fingerprint density at radius 2 is 1.00 bits per heavy atom. The molecule has 0 radical (unpaired) electrons. The van der Waals surface area contributed by atoms with Gasteiger partial charge < -0.3 is 10.2 Å². The molecule has 0 unspecified atom stereocenters. The summed E-state index contributed by atoms with van der Waals surface area (Å²) < 4.78 is 0. The molecule has 23 heavy (non-hydrogen) atoms. The van der Waals surface area contributed by atoms with E-state index in [1.54, 1.807) is 0 Å². The molecule has 2 N–H and O–H groups in total. The number of hydrogen-bond donors (Lipinski definition) is 2. The molecule has 4 heteroatoms. The third-order valence-corrected chi connectivity index (χ3v) is 4.82. The van der Waals surface area contributed by atoms with Gasteiger partial charge in [0.2, 0.25) is 0 Å². The number of carbonyl (C=O) groups is 2. The lowest BCUT2D eigenvalue weighted by atomic mass is 9.71. The van der Waals surface area contributed by atoms with Crippen LogP contribution in [0.4, 0.5) is 0 Å². The molecule has 0 aliphatic heterocycles. The SMILES string of the molecule is CCCCCC(CCCCC)(CCCC(=O)O)CCCC(=O)O. The van der Waals surface area contributed by atoms with Crippen LogP contribution < -0.4 is 0 Å². The van der Waals surface area contributed by atoms with Crippen molar-refractivity contribution >= 4 is 11.9 Å². The molecule has 0 aliphatic carbocycles. The number of aliphatic carboxylic acids is 2. The summed E-state index contributed by atoms with van der Waals surface area (Å²) in [6, 6.07) is 0. The van der Waals surface area contributed by atoms with Gasteiger partial charge in [0.15, 0.2) is 0 Å². The van der Waals surface area contributed by atoms with Gasteiger partial charge in [-0.3, -0.25) is 9.59 Å². The van der Waals surface area contributed by atoms with E-state index in [0.717, 1.165) is 25.7 Å². The highest BCUT2D eigenvalue weighted by Gasteiger charge is 2.28. The second-order valence-electron chi connectivity index (χ2n) is 6.91. The summed E-state index contributed by atoms with van der Waals surface area (Å²) in [5.74, 6) is -1.46. The zero-order valence-corrected chi connectivity index (χ0v) is 15.1. The number of carboxylic acids is 2. The van der Waals surface area contributed by atoms with Gasteiger partial charge in [-0.05, 0) is 43.9 Å². The normalized spacial score (nSPS) is 11.6. The van der Waals surface area contributed by atoms with E-state index in [4.69, 9.17) is 10.2 Å². The first kappa shape index (κ1) is 21.9. The van der Waals surface area contributed by atoms with Crippen LogP contribution in [0.15, 0.2) is 0 Å². The molecule has 0 saturated carbocycles. The van der Waals surface area contributed by atoms with Gasteiger partial charge in [0.1, 0.15) is 0 Å². The highest BCUT2D eigenvalue weighted by molar-refractivity contribution is 5.66. The van der Waals surface area contributed by atoms with Crippen LogP contribution in [0.2, 0.25) is 0 Å². The number of unbranched alkanes of at least 4 members (excludes halogenated alkanes) is 4. The number of hydrogen-bond acceptors (Lipinski definition) is 2. The van der Waals surface area contributed by atoms with Crippen molar-refractivity contribution in [3.05, 3.63) is 0 Å². The Bertz CT molecular complexity index is 293. The quantitative estimate of drug-likeness (QED) is 0.359. The van der Waals surface area contributed by atoms with Gasteiger partial charge in [-0.2, -0.15) is 0 Å². The zero-order valence-electron chi connectivity index (χ0n) is 15.1. The molecule has 0 aliphatic rings. The Hall–Kier alpha value is -1.06. The zero-order chi connectivity index (χ0) is 17.6. The van der Waals surface area contributed by atoms with Gasteiger partial charge in [-0.1, -0.05) is 52.4 Å². The van der Waals surface area contributed by atoms with E-state index in [2.05, 4.69) is 13.8 Å². The third kappa shape index (κ3) is 12.1. The maximum atomic E-state index is 10.8. The molecular formula is C19H36O4. The predicted molar refractivity (Wildman–Crippen MR) is 93.7 cm³/mol. The molecule has 136 valence electrons. The molecule has 0 spiro atoms. The fourth-order valence-electron chi connectivity index (χ4n) is 3.48. The van der Waals surface area contributed by atoms with Crippen molar-refractivity contribution in [2.75, 3.05) is 0 Å². The maximum Gasteiger partial charge on any atom is 0.303 e. The van der Waals surface area contributed by atoms with Crippen LogP contribution in [-0.2, 0) is 9.59 Å². The van der Waals surface area contributed by atoms with Gasteiger partial charge in [-0.25, -0.2) is 0 Å². The lowest BCUT2D eigenvalue weighted by molar-refractivity contribution is -0.138. The summed E-state index contributed by atoms with van der Waals surface area (Å²) in [4.78, 5) is 21.7. The molecule has 0 amide bonds. The second kappa shape index (κ2) is 13.4. The Kier molecular flexibility index (Phi) is 12.8. The Balaban J connectivity index is 4.75. The topological polar surface area (TPSA) is 74.6 Å². The van der Waals surface area contributed by atoms with Crippen molar-refractivity contribution in [1.82, 2.24) is 0 Å². The van der Waals surface area contributed by atoms with Crippen molar-refractivity contribution in [3.63, 3.8) is 0 Å². The monoisotopic (exact) mass is 328 g/mol. The second-order valence-corrected chi connectivity index (χ2v) is 6.91. The number of rotatable bonds is 16. The minimum absolute atomic E-state index is 0.148. The van der Waals surface area contributed by atoms with E-state index in [9.17, 15) is 9.59 Å². The fraction of sp³-hybridized carbons (Fsp3) is 0.895. The lowest BCUT2D eigenvalue weighted by Crippen LogP contribution is -2.22. The van der Waals surface area contributed by atoms with Crippen LogP contribution in [0.25, 0.3) is 0 Å². The summed E-state index contributed by atoms with van der Waals surface area (Å²) in [6.07, 6.45) is 13.0. The molecule has 0 aromatic heterocycles. The summed E-state index contributed by atoms with van der Waals surface area (Å²) in [5, 5.41) is 17.8. The van der Waals surface area contributed by atoms with Crippen molar-refractivity contribution in [3.8, 4) is 0 Å². The Morgan fingerprint density at radius 3 is 1.30 bits per heavy atom. The minimum Gasteiger partial charge on any atom is -0.481 e. The van der Waals surface area contributed by atoms with Crippen LogP contribution in [0.3, 0.4) is 0 Å². The van der Waals surface area contributed by atoms with E-state index in [1.165, 1.54) is 38.5 Å². The molecule has 0 bridgehead atoms. The fourth-order valence-corrected chi connectivity index (χ4v) is 3.48. The molecule has 0 aromatic rings. The van der Waals surface area contributed by atoms with Crippen LogP contribution in [-0.4, -0.2) is 22.2 Å². The van der Waals surface area contributed by atoms with Crippen molar-refractivity contribution in [1.29, 1.82) is 0 Å². The number of carboxylic acid groups (broad SMARTS) is 2. The van der Waals surface area contributed by atoms with E-state index in [0.29, 0.717) is 12.8 Å². The van der Waals surface area contributed by atoms with Crippen molar-refractivity contribution < 1.29 is 19.8 Å². The van der Waals surface area contributed by atoms with E-state index in [1.807, 2.05) is 0 Å². The Labute approximate surface area is 141 Å². The highest BCUT2D eigenvalue weighted by Crippen LogP contribution is 2.41. The molecule has 0 rings (SSSR count). The molecule has 0 atom stereocenters. The minimum atomic E-state index is -0.730. The standard InChI is InChI=1S/C19H36O4/c1-3-5-7-13-19(14-8-6-4-2,15-9-11-17(20)21)16-10-12-18(22)23/h3-16H2,1-2H3,(H,20,21)(H,22,23). The average Bonchev–Trinajstić information content (AvgIpc) is 2.47. The molecule has 0 saturated heterocycles. The molecule has 0 fully saturated rings. The van der Waals surface area contributed by atoms with Crippen LogP contribution >= 0.6 is 0 Å². The lowest BCUT2D eigenvalue weighted by Gasteiger charge is -2.35. The first-order valence-electron chi connectivity index (χ1n) is 9.39. The summed E-state index contributed by atoms with van der Waals surface area (Å²) in [5.41, 5.74) is 0.148. The van der Waals surface area contributed by atoms with Gasteiger partial charge in [-0.15, -0.1) is 0 Å². The third-order valence-electron chi connectivity index (χ3n) is 4.82. The highest BCUT2D eigenvalue weighted by atomic mass is 16.4. The predicted octanol–water partition coefficient (Wildman–Crippen LogP) is 5.64.